The first-order chi connectivity index (χ1) is 10.7. The maximum atomic E-state index is 12.3. The first-order valence-corrected chi connectivity index (χ1v) is 9.46. The molecule has 0 atom stereocenters. The predicted molar refractivity (Wildman–Crippen MR) is 92.6 cm³/mol. The van der Waals surface area contributed by atoms with Crippen LogP contribution in [0.25, 0.3) is 0 Å². The summed E-state index contributed by atoms with van der Waals surface area (Å²) in [6.45, 7) is 2.38. The summed E-state index contributed by atoms with van der Waals surface area (Å²) in [4.78, 5) is 13.2. The van der Waals surface area contributed by atoms with Gasteiger partial charge in [0.1, 0.15) is 4.90 Å². The SMILES string of the molecule is Cc1ccsc1CNC(=O)c1ccc(Cl)c(S(=O)(=O)N(C)C)c1. The van der Waals surface area contributed by atoms with Gasteiger partial charge >= 0.3 is 0 Å². The zero-order valence-corrected chi connectivity index (χ0v) is 15.3. The first-order valence-electron chi connectivity index (χ1n) is 6.76. The van der Waals surface area contributed by atoms with Crippen molar-refractivity contribution in [3.05, 3.63) is 50.7 Å². The molecule has 0 bridgehead atoms. The van der Waals surface area contributed by atoms with Crippen molar-refractivity contribution in [1.82, 2.24) is 9.62 Å². The fourth-order valence-corrected chi connectivity index (χ4v) is 4.13. The highest BCUT2D eigenvalue weighted by Crippen LogP contribution is 2.25. The number of hydrogen-bond donors (Lipinski definition) is 1. The van der Waals surface area contributed by atoms with Crippen LogP contribution >= 0.6 is 22.9 Å². The number of nitrogens with one attached hydrogen (secondary N) is 1. The van der Waals surface area contributed by atoms with Crippen molar-refractivity contribution < 1.29 is 13.2 Å². The molecule has 0 radical (unpaired) electrons. The molecule has 8 heteroatoms. The lowest BCUT2D eigenvalue weighted by Gasteiger charge is -2.14. The number of rotatable bonds is 5. The van der Waals surface area contributed by atoms with Gasteiger partial charge in [0.15, 0.2) is 0 Å². The normalized spacial score (nSPS) is 11.7. The predicted octanol–water partition coefficient (Wildman–Crippen LogP) is 2.89. The molecule has 0 spiro atoms. The van der Waals surface area contributed by atoms with E-state index in [2.05, 4.69) is 5.32 Å². The van der Waals surface area contributed by atoms with Gasteiger partial charge in [0.2, 0.25) is 10.0 Å². The molecule has 124 valence electrons. The molecule has 0 aliphatic carbocycles. The minimum Gasteiger partial charge on any atom is -0.347 e. The molecule has 0 aliphatic rings. The summed E-state index contributed by atoms with van der Waals surface area (Å²) in [5.74, 6) is -0.343. The number of carbonyl (C=O) groups excluding carboxylic acids is 1. The van der Waals surface area contributed by atoms with Crippen LogP contribution in [-0.4, -0.2) is 32.7 Å². The standard InChI is InChI=1S/C15H17ClN2O3S2/c1-10-6-7-22-13(10)9-17-15(19)11-4-5-12(16)14(8-11)23(20,21)18(2)3/h4-8H,9H2,1-3H3,(H,17,19). The van der Waals surface area contributed by atoms with E-state index in [1.54, 1.807) is 11.3 Å². The van der Waals surface area contributed by atoms with Gasteiger partial charge in [-0.05, 0) is 42.1 Å². The fourth-order valence-electron chi connectivity index (χ4n) is 1.89. The summed E-state index contributed by atoms with van der Waals surface area (Å²) >= 11 is 7.53. The number of carbonyl (C=O) groups is 1. The molecule has 0 aliphatic heterocycles. The molecule has 5 nitrogen and oxygen atoms in total. The summed E-state index contributed by atoms with van der Waals surface area (Å²) in [5, 5.41) is 4.84. The molecule has 23 heavy (non-hydrogen) atoms. The second-order valence-corrected chi connectivity index (χ2v) is 8.67. The smallest absolute Gasteiger partial charge is 0.251 e. The summed E-state index contributed by atoms with van der Waals surface area (Å²) in [6.07, 6.45) is 0. The van der Waals surface area contributed by atoms with Gasteiger partial charge in [-0.2, -0.15) is 0 Å². The van der Waals surface area contributed by atoms with Gasteiger partial charge in [-0.3, -0.25) is 4.79 Å². The number of thiophene rings is 1. The molecule has 0 fully saturated rings. The Balaban J connectivity index is 2.24. The van der Waals surface area contributed by atoms with Crippen LogP contribution in [0.3, 0.4) is 0 Å². The quantitative estimate of drug-likeness (QED) is 0.877. The van der Waals surface area contributed by atoms with Gasteiger partial charge in [-0.25, -0.2) is 12.7 Å². The van der Waals surface area contributed by atoms with Crippen molar-refractivity contribution in [3.8, 4) is 0 Å². The molecule has 2 aromatic rings. The van der Waals surface area contributed by atoms with Crippen molar-refractivity contribution in [1.29, 1.82) is 0 Å². The van der Waals surface area contributed by atoms with Crippen LogP contribution in [0, 0.1) is 6.92 Å². The molecule has 1 amide bonds. The third-order valence-corrected chi connectivity index (χ3v) is 6.65. The molecule has 1 aromatic heterocycles. The Kier molecular flexibility index (Phi) is 5.46. The Bertz CT molecular complexity index is 829. The van der Waals surface area contributed by atoms with Gasteiger partial charge in [0.25, 0.3) is 5.91 Å². The van der Waals surface area contributed by atoms with E-state index in [4.69, 9.17) is 11.6 Å². The molecule has 0 saturated carbocycles. The zero-order chi connectivity index (χ0) is 17.2. The van der Waals surface area contributed by atoms with E-state index < -0.39 is 10.0 Å². The van der Waals surface area contributed by atoms with Crippen LogP contribution < -0.4 is 5.32 Å². The maximum Gasteiger partial charge on any atom is 0.251 e. The average molecular weight is 373 g/mol. The lowest BCUT2D eigenvalue weighted by Crippen LogP contribution is -2.25. The van der Waals surface area contributed by atoms with Gasteiger partial charge in [0.05, 0.1) is 11.6 Å². The van der Waals surface area contributed by atoms with Crippen LogP contribution in [-0.2, 0) is 16.6 Å². The molecular weight excluding hydrogens is 356 g/mol. The largest absolute Gasteiger partial charge is 0.347 e. The van der Waals surface area contributed by atoms with E-state index in [0.29, 0.717) is 6.54 Å². The van der Waals surface area contributed by atoms with Crippen LogP contribution in [0.4, 0.5) is 0 Å². The fraction of sp³-hybridized carbons (Fsp3) is 0.267. The summed E-state index contributed by atoms with van der Waals surface area (Å²) in [5.41, 5.74) is 1.37. The molecule has 1 N–H and O–H groups in total. The van der Waals surface area contributed by atoms with E-state index >= 15 is 0 Å². The highest BCUT2D eigenvalue weighted by atomic mass is 35.5. The van der Waals surface area contributed by atoms with Crippen molar-refractivity contribution in [2.75, 3.05) is 14.1 Å². The van der Waals surface area contributed by atoms with E-state index in [1.165, 1.54) is 32.3 Å². The second-order valence-electron chi connectivity index (χ2n) is 5.14. The molecule has 2 rings (SSSR count). The van der Waals surface area contributed by atoms with Gasteiger partial charge in [-0.15, -0.1) is 11.3 Å². The second kappa shape index (κ2) is 7.00. The topological polar surface area (TPSA) is 66.5 Å². The van der Waals surface area contributed by atoms with Gasteiger partial charge in [-0.1, -0.05) is 11.6 Å². The van der Waals surface area contributed by atoms with E-state index in [1.807, 2.05) is 18.4 Å². The highest BCUT2D eigenvalue weighted by Gasteiger charge is 2.22. The monoisotopic (exact) mass is 372 g/mol. The van der Waals surface area contributed by atoms with Crippen molar-refractivity contribution >= 4 is 38.9 Å². The highest BCUT2D eigenvalue weighted by molar-refractivity contribution is 7.89. The lowest BCUT2D eigenvalue weighted by atomic mass is 10.2. The Morgan fingerprint density at radius 1 is 1.30 bits per heavy atom. The van der Waals surface area contributed by atoms with Crippen molar-refractivity contribution in [3.63, 3.8) is 0 Å². The Morgan fingerprint density at radius 3 is 2.57 bits per heavy atom. The Hall–Kier alpha value is -1.41. The number of halogens is 1. The third kappa shape index (κ3) is 3.92. The van der Waals surface area contributed by atoms with Gasteiger partial charge in [0, 0.05) is 24.5 Å². The Morgan fingerprint density at radius 2 is 2.00 bits per heavy atom. The molecule has 0 unspecified atom stereocenters. The molecule has 1 heterocycles. The number of nitrogens with zero attached hydrogens (tertiary/aromatic N) is 1. The minimum absolute atomic E-state index is 0.0795. The zero-order valence-electron chi connectivity index (χ0n) is 13.0. The number of amides is 1. The first kappa shape index (κ1) is 17.9. The van der Waals surface area contributed by atoms with Gasteiger partial charge < -0.3 is 5.32 Å². The van der Waals surface area contributed by atoms with Crippen molar-refractivity contribution in [2.45, 2.75) is 18.4 Å². The average Bonchev–Trinajstić information content (AvgIpc) is 2.90. The summed E-state index contributed by atoms with van der Waals surface area (Å²) < 4.78 is 25.5. The maximum absolute atomic E-state index is 12.3. The Labute approximate surface area is 144 Å². The summed E-state index contributed by atoms with van der Waals surface area (Å²) in [6, 6.07) is 6.21. The molecular formula is C15H17ClN2O3S2. The lowest BCUT2D eigenvalue weighted by molar-refractivity contribution is 0.0951. The van der Waals surface area contributed by atoms with Crippen LogP contribution in [0.2, 0.25) is 5.02 Å². The molecule has 0 saturated heterocycles. The van der Waals surface area contributed by atoms with Crippen molar-refractivity contribution in [2.24, 2.45) is 0 Å². The molecule has 1 aromatic carbocycles. The third-order valence-electron chi connectivity index (χ3n) is 3.33. The van der Waals surface area contributed by atoms with Crippen LogP contribution in [0.15, 0.2) is 34.5 Å². The number of benzene rings is 1. The van der Waals surface area contributed by atoms with Crippen LogP contribution in [0.5, 0.6) is 0 Å². The van der Waals surface area contributed by atoms with E-state index in [0.717, 1.165) is 14.7 Å². The number of aryl methyl sites for hydroxylation is 1. The number of hydrogen-bond acceptors (Lipinski definition) is 4. The van der Waals surface area contributed by atoms with Crippen LogP contribution in [0.1, 0.15) is 20.8 Å². The number of sulfonamides is 1. The van der Waals surface area contributed by atoms with E-state index in [9.17, 15) is 13.2 Å². The van der Waals surface area contributed by atoms with E-state index in [-0.39, 0.29) is 21.4 Å². The summed E-state index contributed by atoms with van der Waals surface area (Å²) in [7, 11) is -0.876. The minimum atomic E-state index is -3.71.